The van der Waals surface area contributed by atoms with E-state index < -0.39 is 0 Å². The van der Waals surface area contributed by atoms with Crippen LogP contribution in [0.4, 0.5) is 0 Å². The molecule has 0 saturated heterocycles. The van der Waals surface area contributed by atoms with Gasteiger partial charge in [0.1, 0.15) is 0 Å². The van der Waals surface area contributed by atoms with Crippen molar-refractivity contribution in [3.05, 3.63) is 147 Å². The summed E-state index contributed by atoms with van der Waals surface area (Å²) in [7, 11) is 0. The molecule has 0 aliphatic heterocycles. The third kappa shape index (κ3) is 6.22. The molecule has 8 rings (SSSR count). The first-order valence-electron chi connectivity index (χ1n) is 14.6. The molecular formula is C38H24N4S4. The Bertz CT molecular complexity index is 2300. The SMILES string of the molecule is c1cc(Sc2ccncc2)c2c(Sc3ccncc3)c3cc4cc(Sc5ccncc5)c(Sc5ccncc5)cc4cc3cc2c1. The molecule has 0 N–H and O–H groups in total. The van der Waals surface area contributed by atoms with Crippen molar-refractivity contribution in [2.75, 3.05) is 0 Å². The number of benzene rings is 4. The monoisotopic (exact) mass is 664 g/mol. The summed E-state index contributed by atoms with van der Waals surface area (Å²) in [6.45, 7) is 0. The topological polar surface area (TPSA) is 51.6 Å². The molecule has 0 radical (unpaired) electrons. The van der Waals surface area contributed by atoms with Crippen molar-refractivity contribution in [1.29, 1.82) is 0 Å². The van der Waals surface area contributed by atoms with Crippen molar-refractivity contribution in [3.8, 4) is 0 Å². The van der Waals surface area contributed by atoms with Crippen LogP contribution in [0, 0.1) is 0 Å². The molecule has 0 saturated carbocycles. The molecule has 4 aromatic heterocycles. The zero-order chi connectivity index (χ0) is 30.7. The van der Waals surface area contributed by atoms with E-state index in [9.17, 15) is 0 Å². The molecule has 0 spiro atoms. The van der Waals surface area contributed by atoms with Gasteiger partial charge >= 0.3 is 0 Å². The van der Waals surface area contributed by atoms with E-state index in [-0.39, 0.29) is 0 Å². The number of fused-ring (bicyclic) bond motifs is 3. The molecule has 0 unspecified atom stereocenters. The Morgan fingerprint density at radius 3 is 1.30 bits per heavy atom. The van der Waals surface area contributed by atoms with E-state index in [1.165, 1.54) is 51.9 Å². The van der Waals surface area contributed by atoms with Crippen LogP contribution < -0.4 is 0 Å². The first kappa shape index (κ1) is 29.1. The first-order valence-corrected chi connectivity index (χ1v) is 17.8. The van der Waals surface area contributed by atoms with Gasteiger partial charge in [-0.05, 0) is 112 Å². The fraction of sp³-hybridized carbons (Fsp3) is 0. The number of nitrogens with zero attached hydrogens (tertiary/aromatic N) is 4. The summed E-state index contributed by atoms with van der Waals surface area (Å²) in [5.74, 6) is 0. The molecule has 0 bridgehead atoms. The normalized spacial score (nSPS) is 11.4. The van der Waals surface area contributed by atoms with Gasteiger partial charge in [-0.1, -0.05) is 59.2 Å². The fourth-order valence-electron chi connectivity index (χ4n) is 5.33. The minimum Gasteiger partial charge on any atom is -0.265 e. The number of aromatic nitrogens is 4. The maximum atomic E-state index is 4.27. The average Bonchev–Trinajstić information content (AvgIpc) is 3.10. The maximum absolute atomic E-state index is 4.27. The van der Waals surface area contributed by atoms with Crippen molar-refractivity contribution in [1.82, 2.24) is 19.9 Å². The van der Waals surface area contributed by atoms with Crippen molar-refractivity contribution in [2.45, 2.75) is 39.2 Å². The van der Waals surface area contributed by atoms with Crippen molar-refractivity contribution in [3.63, 3.8) is 0 Å². The number of rotatable bonds is 8. The van der Waals surface area contributed by atoms with E-state index in [0.29, 0.717) is 0 Å². The van der Waals surface area contributed by atoms with Gasteiger partial charge in [0.15, 0.2) is 0 Å². The lowest BCUT2D eigenvalue weighted by molar-refractivity contribution is 1.22. The van der Waals surface area contributed by atoms with Gasteiger partial charge in [-0.25, -0.2) is 0 Å². The molecule has 0 aliphatic carbocycles. The highest BCUT2D eigenvalue weighted by Crippen LogP contribution is 2.47. The number of hydrogen-bond donors (Lipinski definition) is 0. The molecule has 4 nitrogen and oxygen atoms in total. The summed E-state index contributed by atoms with van der Waals surface area (Å²) in [6, 6.07) is 34.9. The predicted octanol–water partition coefficient (Wildman–Crippen LogP) is 11.3. The second-order valence-corrected chi connectivity index (χ2v) is 14.8. The summed E-state index contributed by atoms with van der Waals surface area (Å²) >= 11 is 7.12. The van der Waals surface area contributed by atoms with Gasteiger partial charge in [-0.3, -0.25) is 19.9 Å². The van der Waals surface area contributed by atoms with Crippen LogP contribution in [0.1, 0.15) is 0 Å². The van der Waals surface area contributed by atoms with Gasteiger partial charge in [-0.15, -0.1) is 0 Å². The Labute approximate surface area is 283 Å². The molecule has 0 atom stereocenters. The Kier molecular flexibility index (Phi) is 8.33. The lowest BCUT2D eigenvalue weighted by Gasteiger charge is -2.17. The van der Waals surface area contributed by atoms with Crippen LogP contribution in [-0.4, -0.2) is 19.9 Å². The standard InChI is InChI=1S/C38H24N4S4/c1-2-25-20-28-21-26-23-35(44-30-6-14-40-15-7-30)36(45-31-8-16-41-17-9-31)24-27(26)22-33(28)38(46-32-10-18-42-19-11-32)37(25)34(3-1)43-29-4-12-39-13-5-29/h1-24H. The molecule has 0 aliphatic rings. The van der Waals surface area contributed by atoms with Crippen molar-refractivity contribution >= 4 is 79.4 Å². The number of hydrogen-bond acceptors (Lipinski definition) is 8. The summed E-state index contributed by atoms with van der Waals surface area (Å²) < 4.78 is 0. The van der Waals surface area contributed by atoms with Gasteiger partial charge in [0.2, 0.25) is 0 Å². The van der Waals surface area contributed by atoms with Crippen LogP contribution >= 0.6 is 47.0 Å². The van der Waals surface area contributed by atoms with E-state index >= 15 is 0 Å². The van der Waals surface area contributed by atoms with Crippen molar-refractivity contribution in [2.24, 2.45) is 0 Å². The highest BCUT2D eigenvalue weighted by molar-refractivity contribution is 8.02. The smallest absolute Gasteiger partial charge is 0.0290 e. The molecule has 8 aromatic rings. The third-order valence-corrected chi connectivity index (χ3v) is 11.9. The Hall–Kier alpha value is -4.34. The van der Waals surface area contributed by atoms with Crippen LogP contribution in [0.25, 0.3) is 32.3 Å². The highest BCUT2D eigenvalue weighted by atomic mass is 32.2. The van der Waals surface area contributed by atoms with Gasteiger partial charge in [-0.2, -0.15) is 0 Å². The highest BCUT2D eigenvalue weighted by Gasteiger charge is 2.17. The molecule has 4 heterocycles. The molecule has 8 heteroatoms. The lowest BCUT2D eigenvalue weighted by atomic mass is 9.99. The zero-order valence-electron chi connectivity index (χ0n) is 24.3. The predicted molar refractivity (Wildman–Crippen MR) is 192 cm³/mol. The first-order chi connectivity index (χ1) is 22.8. The van der Waals surface area contributed by atoms with E-state index in [4.69, 9.17) is 0 Å². The Balaban J connectivity index is 1.35. The van der Waals surface area contributed by atoms with E-state index in [2.05, 4.69) is 117 Å². The number of pyridine rings is 4. The Morgan fingerprint density at radius 1 is 0.348 bits per heavy atom. The minimum absolute atomic E-state index is 1.16. The summed E-state index contributed by atoms with van der Waals surface area (Å²) in [5.41, 5.74) is 0. The lowest BCUT2D eigenvalue weighted by Crippen LogP contribution is -1.89. The second-order valence-electron chi connectivity index (χ2n) is 10.4. The van der Waals surface area contributed by atoms with Crippen molar-refractivity contribution < 1.29 is 0 Å². The molecule has 0 amide bonds. The van der Waals surface area contributed by atoms with E-state index in [1.54, 1.807) is 47.0 Å². The summed E-state index contributed by atoms with van der Waals surface area (Å²) in [4.78, 5) is 26.5. The van der Waals surface area contributed by atoms with E-state index in [0.717, 1.165) is 19.6 Å². The van der Waals surface area contributed by atoms with Crippen LogP contribution in [0.5, 0.6) is 0 Å². The Morgan fingerprint density at radius 2 is 0.783 bits per heavy atom. The average molecular weight is 665 g/mol. The molecule has 0 fully saturated rings. The third-order valence-electron chi connectivity index (χ3n) is 7.41. The maximum Gasteiger partial charge on any atom is 0.0290 e. The van der Waals surface area contributed by atoms with Crippen LogP contribution in [0.15, 0.2) is 186 Å². The molecular weight excluding hydrogens is 641 g/mol. The molecule has 220 valence electrons. The minimum atomic E-state index is 1.16. The quantitative estimate of drug-likeness (QED) is 0.149. The van der Waals surface area contributed by atoms with Gasteiger partial charge < -0.3 is 0 Å². The zero-order valence-corrected chi connectivity index (χ0v) is 27.5. The van der Waals surface area contributed by atoms with Gasteiger partial charge in [0.25, 0.3) is 0 Å². The molecule has 46 heavy (non-hydrogen) atoms. The second kappa shape index (κ2) is 13.2. The van der Waals surface area contributed by atoms with Gasteiger partial charge in [0, 0.05) is 94.1 Å². The van der Waals surface area contributed by atoms with Crippen LogP contribution in [-0.2, 0) is 0 Å². The summed E-state index contributed by atoms with van der Waals surface area (Å²) in [5, 5.41) is 7.35. The van der Waals surface area contributed by atoms with Gasteiger partial charge in [0.05, 0.1) is 0 Å². The summed E-state index contributed by atoms with van der Waals surface area (Å²) in [6.07, 6.45) is 14.8. The fourth-order valence-corrected chi connectivity index (χ4v) is 9.45. The van der Waals surface area contributed by atoms with E-state index in [1.807, 2.05) is 49.6 Å². The molecule has 4 aromatic carbocycles. The van der Waals surface area contributed by atoms with Crippen LogP contribution in [0.2, 0.25) is 0 Å². The largest absolute Gasteiger partial charge is 0.265 e. The van der Waals surface area contributed by atoms with Crippen LogP contribution in [0.3, 0.4) is 0 Å².